The van der Waals surface area contributed by atoms with Gasteiger partial charge in [0, 0.05) is 24.2 Å². The van der Waals surface area contributed by atoms with E-state index in [0.717, 1.165) is 16.6 Å². The molecule has 0 amide bonds. The zero-order chi connectivity index (χ0) is 16.0. The van der Waals surface area contributed by atoms with Crippen molar-refractivity contribution in [3.8, 4) is 5.82 Å². The van der Waals surface area contributed by atoms with E-state index in [4.69, 9.17) is 5.73 Å². The number of aromatic nitrogens is 4. The number of hydrogen-bond acceptors (Lipinski definition) is 5. The first-order chi connectivity index (χ1) is 11.0. The highest BCUT2D eigenvalue weighted by Gasteiger charge is 2.43. The lowest BCUT2D eigenvalue weighted by Gasteiger charge is -2.38. The Hall–Kier alpha value is -2.61. The van der Waals surface area contributed by atoms with Crippen molar-refractivity contribution in [2.24, 2.45) is 0 Å². The van der Waals surface area contributed by atoms with Crippen LogP contribution in [0, 0.1) is 0 Å². The van der Waals surface area contributed by atoms with E-state index in [1.807, 2.05) is 24.3 Å². The minimum absolute atomic E-state index is 0.158. The van der Waals surface area contributed by atoms with E-state index in [1.165, 1.54) is 0 Å². The Morgan fingerprint density at radius 2 is 1.96 bits per heavy atom. The highest BCUT2D eigenvalue weighted by atomic mass is 19.3. The molecular formula is C15H14F2N6. The average molecular weight is 316 g/mol. The molecule has 2 aromatic heterocycles. The zero-order valence-corrected chi connectivity index (χ0v) is 12.2. The molecule has 3 heterocycles. The van der Waals surface area contributed by atoms with Crippen molar-refractivity contribution in [1.82, 2.24) is 24.6 Å². The Labute approximate surface area is 130 Å². The van der Waals surface area contributed by atoms with Crippen LogP contribution < -0.4 is 5.73 Å². The molecule has 4 rings (SSSR count). The summed E-state index contributed by atoms with van der Waals surface area (Å²) >= 11 is 0. The second kappa shape index (κ2) is 4.95. The van der Waals surface area contributed by atoms with Crippen LogP contribution in [0.4, 0.5) is 14.7 Å². The summed E-state index contributed by atoms with van der Waals surface area (Å²) < 4.78 is 27.7. The number of benzene rings is 1. The van der Waals surface area contributed by atoms with E-state index >= 15 is 0 Å². The summed E-state index contributed by atoms with van der Waals surface area (Å²) in [7, 11) is 0. The minimum atomic E-state index is -2.58. The molecule has 0 saturated carbocycles. The first kappa shape index (κ1) is 14.0. The molecule has 0 atom stereocenters. The molecule has 1 aliphatic rings. The van der Waals surface area contributed by atoms with Crippen LogP contribution in [0.15, 0.2) is 36.5 Å². The molecule has 8 heteroatoms. The van der Waals surface area contributed by atoms with Gasteiger partial charge in [-0.15, -0.1) is 0 Å². The molecule has 118 valence electrons. The zero-order valence-electron chi connectivity index (χ0n) is 12.2. The summed E-state index contributed by atoms with van der Waals surface area (Å²) in [4.78, 5) is 9.72. The predicted molar refractivity (Wildman–Crippen MR) is 81.3 cm³/mol. The van der Waals surface area contributed by atoms with Crippen LogP contribution >= 0.6 is 0 Å². The van der Waals surface area contributed by atoms with Gasteiger partial charge in [0.25, 0.3) is 5.92 Å². The number of rotatable bonds is 3. The van der Waals surface area contributed by atoms with Gasteiger partial charge in [-0.3, -0.25) is 4.90 Å². The molecule has 0 aliphatic carbocycles. The molecule has 0 bridgehead atoms. The van der Waals surface area contributed by atoms with Gasteiger partial charge < -0.3 is 5.73 Å². The predicted octanol–water partition coefficient (Wildman–Crippen LogP) is 1.85. The van der Waals surface area contributed by atoms with Crippen LogP contribution in [0.1, 0.15) is 5.69 Å². The van der Waals surface area contributed by atoms with Crippen molar-refractivity contribution >= 4 is 16.9 Å². The van der Waals surface area contributed by atoms with Crippen molar-refractivity contribution < 1.29 is 8.78 Å². The Bertz CT molecular complexity index is 867. The maximum atomic E-state index is 13.0. The molecule has 0 spiro atoms. The van der Waals surface area contributed by atoms with Gasteiger partial charge in [0.1, 0.15) is 0 Å². The number of alkyl halides is 2. The summed E-state index contributed by atoms with van der Waals surface area (Å²) in [5.74, 6) is -1.88. The number of halogens is 2. The topological polar surface area (TPSA) is 72.9 Å². The van der Waals surface area contributed by atoms with E-state index in [-0.39, 0.29) is 19.0 Å². The maximum absolute atomic E-state index is 13.0. The van der Waals surface area contributed by atoms with Crippen molar-refractivity contribution in [2.75, 3.05) is 18.8 Å². The summed E-state index contributed by atoms with van der Waals surface area (Å²) in [6.45, 7) is -0.0764. The molecule has 1 aromatic carbocycles. The van der Waals surface area contributed by atoms with Gasteiger partial charge in [-0.1, -0.05) is 18.2 Å². The number of fused-ring (bicyclic) bond motifs is 1. The highest BCUT2D eigenvalue weighted by molar-refractivity contribution is 5.83. The van der Waals surface area contributed by atoms with Crippen molar-refractivity contribution in [2.45, 2.75) is 12.5 Å². The Morgan fingerprint density at radius 1 is 1.17 bits per heavy atom. The van der Waals surface area contributed by atoms with Gasteiger partial charge in [-0.25, -0.2) is 18.4 Å². The monoisotopic (exact) mass is 316 g/mol. The first-order valence-corrected chi connectivity index (χ1v) is 7.18. The number of likely N-dealkylation sites (tertiary alicyclic amines) is 1. The third kappa shape index (κ3) is 2.50. The number of hydrogen-bond donors (Lipinski definition) is 1. The minimum Gasteiger partial charge on any atom is -0.368 e. The number of nitrogen functional groups attached to an aromatic ring is 1. The largest absolute Gasteiger partial charge is 0.368 e. The van der Waals surface area contributed by atoms with Crippen LogP contribution in [0.25, 0.3) is 16.7 Å². The Kier molecular flexibility index (Phi) is 3.02. The molecule has 23 heavy (non-hydrogen) atoms. The molecule has 0 radical (unpaired) electrons. The quantitative estimate of drug-likeness (QED) is 0.798. The van der Waals surface area contributed by atoms with E-state index < -0.39 is 5.92 Å². The number of nitrogens with two attached hydrogens (primary N) is 1. The summed E-state index contributed by atoms with van der Waals surface area (Å²) in [6.07, 6.45) is 1.56. The van der Waals surface area contributed by atoms with Gasteiger partial charge in [-0.05, 0) is 6.07 Å². The molecule has 0 unspecified atom stereocenters. The summed E-state index contributed by atoms with van der Waals surface area (Å²) in [5.41, 5.74) is 7.23. The normalized spacial score (nSPS) is 17.3. The molecule has 1 aliphatic heterocycles. The lowest BCUT2D eigenvalue weighted by molar-refractivity contribution is -0.134. The Morgan fingerprint density at radius 3 is 2.70 bits per heavy atom. The van der Waals surface area contributed by atoms with Crippen LogP contribution in [0.3, 0.4) is 0 Å². The second-order valence-corrected chi connectivity index (χ2v) is 5.65. The highest BCUT2D eigenvalue weighted by Crippen LogP contribution is 2.30. The first-order valence-electron chi connectivity index (χ1n) is 7.18. The second-order valence-electron chi connectivity index (χ2n) is 5.65. The Balaban J connectivity index is 1.75. The molecule has 1 fully saturated rings. The van der Waals surface area contributed by atoms with Crippen LogP contribution in [-0.2, 0) is 6.54 Å². The van der Waals surface area contributed by atoms with Gasteiger partial charge in [0.2, 0.25) is 5.95 Å². The van der Waals surface area contributed by atoms with Crippen LogP contribution in [0.2, 0.25) is 0 Å². The molecule has 6 nitrogen and oxygen atoms in total. The summed E-state index contributed by atoms with van der Waals surface area (Å²) in [5, 5.41) is 5.47. The number of para-hydroxylation sites is 1. The third-order valence-electron chi connectivity index (χ3n) is 3.82. The fourth-order valence-electron chi connectivity index (χ4n) is 2.84. The van der Waals surface area contributed by atoms with Crippen molar-refractivity contribution in [3.05, 3.63) is 42.2 Å². The van der Waals surface area contributed by atoms with E-state index in [1.54, 1.807) is 21.8 Å². The van der Waals surface area contributed by atoms with E-state index in [2.05, 4.69) is 15.1 Å². The smallest absolute Gasteiger partial charge is 0.272 e. The van der Waals surface area contributed by atoms with Gasteiger partial charge in [0.15, 0.2) is 5.82 Å². The van der Waals surface area contributed by atoms with Gasteiger partial charge in [-0.2, -0.15) is 10.1 Å². The molecule has 1 saturated heterocycles. The van der Waals surface area contributed by atoms with Crippen LogP contribution in [0.5, 0.6) is 0 Å². The van der Waals surface area contributed by atoms with Crippen LogP contribution in [-0.4, -0.2) is 43.7 Å². The third-order valence-corrected chi connectivity index (χ3v) is 3.82. The fraction of sp³-hybridized carbons (Fsp3) is 0.267. The number of nitrogens with zero attached hydrogens (tertiary/aromatic N) is 5. The van der Waals surface area contributed by atoms with E-state index in [9.17, 15) is 8.78 Å². The van der Waals surface area contributed by atoms with E-state index in [0.29, 0.717) is 12.4 Å². The fourth-order valence-corrected chi connectivity index (χ4v) is 2.84. The maximum Gasteiger partial charge on any atom is 0.272 e. The molecule has 2 N–H and O–H groups in total. The number of anilines is 1. The van der Waals surface area contributed by atoms with Gasteiger partial charge >= 0.3 is 0 Å². The average Bonchev–Trinajstić information content (AvgIpc) is 2.85. The SMILES string of the molecule is Nc1nccc(-n2nc(CN3CC(F)(F)C3)c3ccccc32)n1. The molecular weight excluding hydrogens is 302 g/mol. The summed E-state index contributed by atoms with van der Waals surface area (Å²) in [6, 6.07) is 9.34. The van der Waals surface area contributed by atoms with Crippen molar-refractivity contribution in [3.63, 3.8) is 0 Å². The lowest BCUT2D eigenvalue weighted by Crippen LogP contribution is -2.55. The van der Waals surface area contributed by atoms with Gasteiger partial charge in [0.05, 0.1) is 24.3 Å². The standard InChI is InChI=1S/C15H14F2N6/c16-15(17)8-22(9-15)7-11-10-3-1-2-4-12(10)23(21-11)13-5-6-19-14(18)20-13/h1-6H,7-9H2,(H2,18,19,20). The molecule has 3 aromatic rings. The lowest BCUT2D eigenvalue weighted by atomic mass is 10.1. The van der Waals surface area contributed by atoms with Crippen molar-refractivity contribution in [1.29, 1.82) is 0 Å².